The third kappa shape index (κ3) is 3.61. The molecule has 0 aliphatic heterocycles. The van der Waals surface area contributed by atoms with Gasteiger partial charge in [-0.05, 0) is 12.8 Å². The van der Waals surface area contributed by atoms with Gasteiger partial charge in [-0.25, -0.2) is 0 Å². The lowest BCUT2D eigenvalue weighted by Gasteiger charge is -2.16. The van der Waals surface area contributed by atoms with E-state index in [0.29, 0.717) is 11.6 Å². The Morgan fingerprint density at radius 1 is 1.60 bits per heavy atom. The van der Waals surface area contributed by atoms with Gasteiger partial charge in [-0.2, -0.15) is 5.10 Å². The summed E-state index contributed by atoms with van der Waals surface area (Å²) in [5.41, 5.74) is 6.01. The fourth-order valence-electron chi connectivity index (χ4n) is 0.979. The van der Waals surface area contributed by atoms with Crippen LogP contribution in [0.4, 0.5) is 5.69 Å². The molecule has 0 amide bonds. The first kappa shape index (κ1) is 11.6. The molecule has 84 valence electrons. The molecule has 1 aromatic heterocycles. The second-order valence-electron chi connectivity index (χ2n) is 3.91. The number of ether oxygens (including phenoxy) is 1. The number of esters is 1. The van der Waals surface area contributed by atoms with Gasteiger partial charge in [-0.3, -0.25) is 9.48 Å². The summed E-state index contributed by atoms with van der Waals surface area (Å²) in [6.45, 7) is 5.99. The van der Waals surface area contributed by atoms with E-state index in [9.17, 15) is 4.79 Å². The molecule has 0 aromatic carbocycles. The Morgan fingerprint density at radius 2 is 2.27 bits per heavy atom. The molecule has 0 spiro atoms. The fourth-order valence-corrected chi connectivity index (χ4v) is 0.979. The van der Waals surface area contributed by atoms with Gasteiger partial charge in [-0.15, -0.1) is 0 Å². The molecule has 1 atom stereocenters. The molecule has 1 rings (SSSR count). The van der Waals surface area contributed by atoms with Gasteiger partial charge >= 0.3 is 5.97 Å². The summed E-state index contributed by atoms with van der Waals surface area (Å²) >= 11 is 0. The number of carbonyl (C=O) groups is 1. The summed E-state index contributed by atoms with van der Waals surface area (Å²) in [5.74, 6) is 0.0240. The molecule has 0 aliphatic carbocycles. The first-order chi connectivity index (χ1) is 6.99. The van der Waals surface area contributed by atoms with Crippen LogP contribution >= 0.6 is 0 Å². The zero-order valence-corrected chi connectivity index (χ0v) is 9.30. The number of rotatable bonds is 4. The quantitative estimate of drug-likeness (QED) is 0.756. The SMILES string of the molecule is CC(C)C(C)OC(=O)Cn1cc(N)cn1. The summed E-state index contributed by atoms with van der Waals surface area (Å²) in [4.78, 5) is 11.4. The van der Waals surface area contributed by atoms with Crippen LogP contribution in [0.25, 0.3) is 0 Å². The highest BCUT2D eigenvalue weighted by molar-refractivity contribution is 5.69. The number of carbonyl (C=O) groups excluding carboxylic acids is 1. The van der Waals surface area contributed by atoms with Gasteiger partial charge in [0.2, 0.25) is 0 Å². The standard InChI is InChI=1S/C10H17N3O2/c1-7(2)8(3)15-10(14)6-13-5-9(11)4-12-13/h4-5,7-8H,6,11H2,1-3H3. The van der Waals surface area contributed by atoms with E-state index in [1.165, 1.54) is 10.9 Å². The average molecular weight is 211 g/mol. The van der Waals surface area contributed by atoms with Gasteiger partial charge in [0.1, 0.15) is 12.6 Å². The molecular formula is C10H17N3O2. The van der Waals surface area contributed by atoms with E-state index in [1.807, 2.05) is 20.8 Å². The Hall–Kier alpha value is -1.52. The highest BCUT2D eigenvalue weighted by Gasteiger charge is 2.13. The smallest absolute Gasteiger partial charge is 0.328 e. The Morgan fingerprint density at radius 3 is 2.73 bits per heavy atom. The van der Waals surface area contributed by atoms with Crippen molar-refractivity contribution < 1.29 is 9.53 Å². The minimum atomic E-state index is -0.292. The minimum absolute atomic E-state index is 0.0783. The predicted octanol–water partition coefficient (Wildman–Crippen LogP) is 1.05. The van der Waals surface area contributed by atoms with Gasteiger partial charge in [0, 0.05) is 6.20 Å². The van der Waals surface area contributed by atoms with Crippen LogP contribution in [0, 0.1) is 5.92 Å². The van der Waals surface area contributed by atoms with Crippen molar-refractivity contribution in [3.8, 4) is 0 Å². The zero-order chi connectivity index (χ0) is 11.4. The molecule has 0 radical (unpaired) electrons. The van der Waals surface area contributed by atoms with Crippen molar-refractivity contribution in [2.24, 2.45) is 5.92 Å². The van der Waals surface area contributed by atoms with Crippen LogP contribution in [-0.2, 0) is 16.1 Å². The fraction of sp³-hybridized carbons (Fsp3) is 0.600. The van der Waals surface area contributed by atoms with Crippen molar-refractivity contribution in [1.82, 2.24) is 9.78 Å². The van der Waals surface area contributed by atoms with E-state index in [2.05, 4.69) is 5.10 Å². The summed E-state index contributed by atoms with van der Waals surface area (Å²) < 4.78 is 6.65. The summed E-state index contributed by atoms with van der Waals surface area (Å²) in [6.07, 6.45) is 3.02. The Balaban J connectivity index is 2.43. The van der Waals surface area contributed by atoms with Gasteiger partial charge in [0.25, 0.3) is 0 Å². The van der Waals surface area contributed by atoms with Crippen molar-refractivity contribution in [3.63, 3.8) is 0 Å². The van der Waals surface area contributed by atoms with Crippen LogP contribution in [0.5, 0.6) is 0 Å². The topological polar surface area (TPSA) is 70.1 Å². The Bertz CT molecular complexity index is 333. The van der Waals surface area contributed by atoms with Gasteiger partial charge in [0.05, 0.1) is 11.9 Å². The largest absolute Gasteiger partial charge is 0.461 e. The molecule has 0 aliphatic rings. The van der Waals surface area contributed by atoms with Crippen LogP contribution in [-0.4, -0.2) is 21.9 Å². The van der Waals surface area contributed by atoms with Crippen molar-refractivity contribution in [1.29, 1.82) is 0 Å². The van der Waals surface area contributed by atoms with Gasteiger partial charge in [-0.1, -0.05) is 13.8 Å². The second-order valence-corrected chi connectivity index (χ2v) is 3.91. The molecule has 0 fully saturated rings. The third-order valence-corrected chi connectivity index (χ3v) is 2.20. The highest BCUT2D eigenvalue weighted by atomic mass is 16.5. The first-order valence-corrected chi connectivity index (χ1v) is 4.96. The van der Waals surface area contributed by atoms with Crippen LogP contribution in [0.2, 0.25) is 0 Å². The Labute approximate surface area is 89.2 Å². The van der Waals surface area contributed by atoms with Crippen molar-refractivity contribution in [2.75, 3.05) is 5.73 Å². The average Bonchev–Trinajstić information content (AvgIpc) is 2.50. The van der Waals surface area contributed by atoms with Crippen LogP contribution < -0.4 is 5.73 Å². The van der Waals surface area contributed by atoms with E-state index in [1.54, 1.807) is 6.20 Å². The van der Waals surface area contributed by atoms with Gasteiger partial charge < -0.3 is 10.5 Å². The lowest BCUT2D eigenvalue weighted by Crippen LogP contribution is -2.23. The molecule has 1 aromatic rings. The molecular weight excluding hydrogens is 194 g/mol. The number of nitrogen functional groups attached to an aromatic ring is 1. The van der Waals surface area contributed by atoms with Crippen LogP contribution in [0.15, 0.2) is 12.4 Å². The summed E-state index contributed by atoms with van der Waals surface area (Å²) in [7, 11) is 0. The predicted molar refractivity (Wildman–Crippen MR) is 57.0 cm³/mol. The van der Waals surface area contributed by atoms with E-state index in [4.69, 9.17) is 10.5 Å². The molecule has 5 heteroatoms. The summed E-state index contributed by atoms with van der Waals surface area (Å²) in [5, 5.41) is 3.90. The van der Waals surface area contributed by atoms with E-state index < -0.39 is 0 Å². The maximum absolute atomic E-state index is 11.4. The van der Waals surface area contributed by atoms with E-state index >= 15 is 0 Å². The number of aromatic nitrogens is 2. The maximum atomic E-state index is 11.4. The molecule has 0 saturated heterocycles. The molecule has 2 N–H and O–H groups in total. The molecule has 5 nitrogen and oxygen atoms in total. The lowest BCUT2D eigenvalue weighted by molar-refractivity contribution is -0.151. The second kappa shape index (κ2) is 4.82. The minimum Gasteiger partial charge on any atom is -0.461 e. The number of hydrogen-bond acceptors (Lipinski definition) is 4. The monoisotopic (exact) mass is 211 g/mol. The number of anilines is 1. The first-order valence-electron chi connectivity index (χ1n) is 4.96. The van der Waals surface area contributed by atoms with Crippen molar-refractivity contribution in [2.45, 2.75) is 33.4 Å². The van der Waals surface area contributed by atoms with E-state index in [0.717, 1.165) is 0 Å². The zero-order valence-electron chi connectivity index (χ0n) is 9.30. The van der Waals surface area contributed by atoms with Crippen LogP contribution in [0.3, 0.4) is 0 Å². The molecule has 1 heterocycles. The third-order valence-electron chi connectivity index (χ3n) is 2.20. The molecule has 0 saturated carbocycles. The number of nitrogens with two attached hydrogens (primary N) is 1. The number of nitrogens with zero attached hydrogens (tertiary/aromatic N) is 2. The van der Waals surface area contributed by atoms with Crippen LogP contribution in [0.1, 0.15) is 20.8 Å². The van der Waals surface area contributed by atoms with Gasteiger partial charge in [0.15, 0.2) is 0 Å². The molecule has 15 heavy (non-hydrogen) atoms. The van der Waals surface area contributed by atoms with E-state index in [-0.39, 0.29) is 18.6 Å². The van der Waals surface area contributed by atoms with Crippen molar-refractivity contribution in [3.05, 3.63) is 12.4 Å². The molecule has 1 unspecified atom stereocenters. The Kier molecular flexibility index (Phi) is 3.71. The maximum Gasteiger partial charge on any atom is 0.328 e. The normalized spacial score (nSPS) is 12.8. The van der Waals surface area contributed by atoms with Crippen molar-refractivity contribution >= 4 is 11.7 Å². The number of hydrogen-bond donors (Lipinski definition) is 1. The highest BCUT2D eigenvalue weighted by Crippen LogP contribution is 2.06. The molecule has 0 bridgehead atoms. The lowest BCUT2D eigenvalue weighted by atomic mass is 10.1. The summed E-state index contributed by atoms with van der Waals surface area (Å²) in [6, 6.07) is 0.